The molecule has 0 aromatic heterocycles. The van der Waals surface area contributed by atoms with Gasteiger partial charge in [-0.2, -0.15) is 0 Å². The first-order chi connectivity index (χ1) is 9.50. The summed E-state index contributed by atoms with van der Waals surface area (Å²) in [5, 5.41) is 0. The maximum Gasteiger partial charge on any atom is 0.0716 e. The fourth-order valence-electron chi connectivity index (χ4n) is 3.58. The van der Waals surface area contributed by atoms with Crippen LogP contribution < -0.4 is 0 Å². The van der Waals surface area contributed by atoms with Gasteiger partial charge in [0.2, 0.25) is 0 Å². The number of hydrogen-bond donors (Lipinski definition) is 0. The van der Waals surface area contributed by atoms with Gasteiger partial charge in [0.05, 0.1) is 6.10 Å². The minimum atomic E-state index is 0.189. The molecule has 1 aliphatic carbocycles. The van der Waals surface area contributed by atoms with Gasteiger partial charge in [0.1, 0.15) is 0 Å². The topological polar surface area (TPSA) is 12.5 Å². The molecule has 1 aromatic rings. The second kappa shape index (κ2) is 5.16. The van der Waals surface area contributed by atoms with Crippen molar-refractivity contribution >= 4 is 0 Å². The molecule has 0 radical (unpaired) electrons. The van der Waals surface area contributed by atoms with E-state index in [2.05, 4.69) is 49.9 Å². The Morgan fingerprint density at radius 3 is 2.30 bits per heavy atom. The van der Waals surface area contributed by atoms with Crippen molar-refractivity contribution in [3.63, 3.8) is 0 Å². The van der Waals surface area contributed by atoms with Crippen molar-refractivity contribution in [2.75, 3.05) is 13.7 Å². The van der Waals surface area contributed by atoms with Gasteiger partial charge in [0.15, 0.2) is 0 Å². The van der Waals surface area contributed by atoms with Crippen molar-refractivity contribution in [3.05, 3.63) is 35.4 Å². The summed E-state index contributed by atoms with van der Waals surface area (Å²) in [6.07, 6.45) is 4.23. The van der Waals surface area contributed by atoms with Crippen molar-refractivity contribution in [2.24, 2.45) is 0 Å². The maximum absolute atomic E-state index is 5.66. The lowest BCUT2D eigenvalue weighted by molar-refractivity contribution is 0.0811. The largest absolute Gasteiger partial charge is 0.380 e. The van der Waals surface area contributed by atoms with Crippen LogP contribution in [0.4, 0.5) is 0 Å². The second-order valence-corrected chi connectivity index (χ2v) is 7.34. The normalized spacial score (nSPS) is 28.0. The average Bonchev–Trinajstić information content (AvgIpc) is 3.16. The van der Waals surface area contributed by atoms with Crippen LogP contribution in [0.5, 0.6) is 0 Å². The summed E-state index contributed by atoms with van der Waals surface area (Å²) in [7, 11) is 1.85. The van der Waals surface area contributed by atoms with Crippen LogP contribution in [0.25, 0.3) is 0 Å². The Bertz CT molecular complexity index is 473. The number of methoxy groups -OCH3 is 1. The van der Waals surface area contributed by atoms with Crippen LogP contribution in [0.1, 0.15) is 63.1 Å². The average molecular weight is 273 g/mol. The molecule has 0 amide bonds. The molecule has 2 aliphatic rings. The minimum Gasteiger partial charge on any atom is -0.380 e. The van der Waals surface area contributed by atoms with Crippen LogP contribution in [-0.2, 0) is 4.74 Å². The van der Waals surface area contributed by atoms with Crippen LogP contribution in [-0.4, -0.2) is 30.2 Å². The summed E-state index contributed by atoms with van der Waals surface area (Å²) in [5.41, 5.74) is 3.32. The van der Waals surface area contributed by atoms with Gasteiger partial charge in [-0.3, -0.25) is 4.90 Å². The van der Waals surface area contributed by atoms with Crippen LogP contribution in [0.2, 0.25) is 0 Å². The Morgan fingerprint density at radius 1 is 1.10 bits per heavy atom. The summed E-state index contributed by atoms with van der Waals surface area (Å²) < 4.78 is 5.66. The van der Waals surface area contributed by atoms with E-state index < -0.39 is 0 Å². The molecule has 2 nitrogen and oxygen atoms in total. The summed E-state index contributed by atoms with van der Waals surface area (Å²) in [6.45, 7) is 8.00. The Balaban J connectivity index is 1.94. The number of hydrogen-bond acceptors (Lipinski definition) is 2. The van der Waals surface area contributed by atoms with Gasteiger partial charge in [-0.15, -0.1) is 0 Å². The number of nitrogens with zero attached hydrogens (tertiary/aromatic N) is 1. The summed E-state index contributed by atoms with van der Waals surface area (Å²) in [6, 6.07) is 9.59. The molecule has 110 valence electrons. The number of benzene rings is 1. The SMILES string of the molecule is COC1CC(c2ccccc2C2CC2)N(C(C)(C)C)C1. The molecule has 2 unspecified atom stereocenters. The molecule has 1 saturated heterocycles. The number of rotatable bonds is 3. The molecular weight excluding hydrogens is 246 g/mol. The third-order valence-corrected chi connectivity index (χ3v) is 4.83. The number of ether oxygens (including phenoxy) is 1. The smallest absolute Gasteiger partial charge is 0.0716 e. The molecule has 2 fully saturated rings. The van der Waals surface area contributed by atoms with Gasteiger partial charge >= 0.3 is 0 Å². The Labute approximate surface area is 123 Å². The first-order valence-electron chi connectivity index (χ1n) is 7.89. The zero-order chi connectivity index (χ0) is 14.3. The second-order valence-electron chi connectivity index (χ2n) is 7.34. The Kier molecular flexibility index (Phi) is 3.64. The molecule has 0 N–H and O–H groups in total. The molecular formula is C18H27NO. The van der Waals surface area contributed by atoms with Crippen LogP contribution in [0.15, 0.2) is 24.3 Å². The molecule has 1 heterocycles. The lowest BCUT2D eigenvalue weighted by atomic mass is 9.93. The zero-order valence-electron chi connectivity index (χ0n) is 13.2. The summed E-state index contributed by atoms with van der Waals surface area (Å²) >= 11 is 0. The van der Waals surface area contributed by atoms with E-state index in [1.807, 2.05) is 7.11 Å². The van der Waals surface area contributed by atoms with Crippen LogP contribution in [0, 0.1) is 0 Å². The first kappa shape index (κ1) is 14.1. The Hall–Kier alpha value is -0.860. The highest BCUT2D eigenvalue weighted by molar-refractivity contribution is 5.36. The molecule has 2 atom stereocenters. The Morgan fingerprint density at radius 2 is 1.75 bits per heavy atom. The minimum absolute atomic E-state index is 0.189. The number of likely N-dealkylation sites (tertiary alicyclic amines) is 1. The highest BCUT2D eigenvalue weighted by Gasteiger charge is 2.41. The van der Waals surface area contributed by atoms with Crippen LogP contribution >= 0.6 is 0 Å². The van der Waals surface area contributed by atoms with E-state index in [0.29, 0.717) is 12.1 Å². The maximum atomic E-state index is 5.66. The van der Waals surface area contributed by atoms with Gasteiger partial charge in [0, 0.05) is 25.2 Å². The molecule has 0 bridgehead atoms. The van der Waals surface area contributed by atoms with Gasteiger partial charge < -0.3 is 4.74 Å². The highest BCUT2D eigenvalue weighted by atomic mass is 16.5. The molecule has 1 aliphatic heterocycles. The van der Waals surface area contributed by atoms with Gasteiger partial charge in [-0.05, 0) is 57.1 Å². The molecule has 1 saturated carbocycles. The predicted octanol–water partition coefficient (Wildman–Crippen LogP) is 4.12. The van der Waals surface area contributed by atoms with E-state index >= 15 is 0 Å². The van der Waals surface area contributed by atoms with E-state index in [9.17, 15) is 0 Å². The molecule has 0 spiro atoms. The van der Waals surface area contributed by atoms with Crippen LogP contribution in [0.3, 0.4) is 0 Å². The standard InChI is InChI=1S/C18H27NO/c1-18(2,3)19-12-14(20-4)11-17(19)16-8-6-5-7-15(16)13-9-10-13/h5-8,13-14,17H,9-12H2,1-4H3. The summed E-state index contributed by atoms with van der Waals surface area (Å²) in [4.78, 5) is 2.63. The molecule has 3 rings (SSSR count). The van der Waals surface area contributed by atoms with Crippen molar-refractivity contribution < 1.29 is 4.74 Å². The van der Waals surface area contributed by atoms with Crippen molar-refractivity contribution in [1.82, 2.24) is 4.90 Å². The lowest BCUT2D eigenvalue weighted by Gasteiger charge is -2.37. The van der Waals surface area contributed by atoms with Crippen molar-refractivity contribution in [3.8, 4) is 0 Å². The summed E-state index contributed by atoms with van der Waals surface area (Å²) in [5.74, 6) is 0.814. The van der Waals surface area contributed by atoms with E-state index in [0.717, 1.165) is 18.9 Å². The first-order valence-corrected chi connectivity index (χ1v) is 7.89. The molecule has 20 heavy (non-hydrogen) atoms. The fraction of sp³-hybridized carbons (Fsp3) is 0.667. The highest BCUT2D eigenvalue weighted by Crippen LogP contribution is 2.47. The third-order valence-electron chi connectivity index (χ3n) is 4.83. The van der Waals surface area contributed by atoms with Gasteiger partial charge in [-0.1, -0.05) is 24.3 Å². The van der Waals surface area contributed by atoms with Gasteiger partial charge in [-0.25, -0.2) is 0 Å². The zero-order valence-corrected chi connectivity index (χ0v) is 13.2. The fourth-order valence-corrected chi connectivity index (χ4v) is 3.58. The van der Waals surface area contributed by atoms with Gasteiger partial charge in [0.25, 0.3) is 0 Å². The third kappa shape index (κ3) is 2.64. The van der Waals surface area contributed by atoms with E-state index in [1.165, 1.54) is 12.8 Å². The monoisotopic (exact) mass is 273 g/mol. The van der Waals surface area contributed by atoms with Crippen molar-refractivity contribution in [2.45, 2.75) is 63.6 Å². The molecule has 2 heteroatoms. The van der Waals surface area contributed by atoms with E-state index in [1.54, 1.807) is 11.1 Å². The lowest BCUT2D eigenvalue weighted by Crippen LogP contribution is -2.41. The van der Waals surface area contributed by atoms with E-state index in [4.69, 9.17) is 4.74 Å². The quantitative estimate of drug-likeness (QED) is 0.821. The molecule has 1 aromatic carbocycles. The van der Waals surface area contributed by atoms with E-state index in [-0.39, 0.29) is 5.54 Å². The van der Waals surface area contributed by atoms with Crippen molar-refractivity contribution in [1.29, 1.82) is 0 Å². The predicted molar refractivity (Wildman–Crippen MR) is 83.0 cm³/mol.